The largest absolute Gasteiger partial charge is 0.481 e. The highest BCUT2D eigenvalue weighted by molar-refractivity contribution is 9.10. The van der Waals surface area contributed by atoms with Crippen molar-refractivity contribution in [1.82, 2.24) is 10.6 Å². The summed E-state index contributed by atoms with van der Waals surface area (Å²) in [6.45, 7) is 0.716. The number of urea groups is 1. The molecule has 21 heavy (non-hydrogen) atoms. The number of carboxylic acid groups (broad SMARTS) is 1. The summed E-state index contributed by atoms with van der Waals surface area (Å²) in [6.07, 6.45) is 3.21. The standard InChI is InChI=1S/C15H19BrN2O3/c16-12-4-1-3-11(9-12)15(6-2-7-15)10-18-14(21)17-8-5-13(19)20/h1,3-4,9H,2,5-8,10H2,(H,19,20)(H2,17,18,21). The summed E-state index contributed by atoms with van der Waals surface area (Å²) in [5.74, 6) is -0.917. The Labute approximate surface area is 132 Å². The van der Waals surface area contributed by atoms with E-state index in [0.29, 0.717) is 6.54 Å². The molecule has 1 aliphatic rings. The molecule has 1 saturated carbocycles. The molecule has 1 aromatic rings. The Morgan fingerprint density at radius 2 is 2.05 bits per heavy atom. The summed E-state index contributed by atoms with van der Waals surface area (Å²) in [5.41, 5.74) is 1.24. The Bertz CT molecular complexity index is 529. The third-order valence-corrected chi connectivity index (χ3v) is 4.45. The number of halogens is 1. The van der Waals surface area contributed by atoms with E-state index < -0.39 is 5.97 Å². The molecule has 0 bridgehead atoms. The van der Waals surface area contributed by atoms with Crippen LogP contribution in [-0.4, -0.2) is 30.2 Å². The zero-order valence-corrected chi connectivity index (χ0v) is 13.3. The van der Waals surface area contributed by atoms with Gasteiger partial charge < -0.3 is 15.7 Å². The van der Waals surface area contributed by atoms with Crippen LogP contribution in [0.15, 0.2) is 28.7 Å². The number of nitrogens with one attached hydrogen (secondary N) is 2. The molecule has 2 amide bonds. The van der Waals surface area contributed by atoms with Crippen molar-refractivity contribution >= 4 is 27.9 Å². The molecule has 0 heterocycles. The van der Waals surface area contributed by atoms with Gasteiger partial charge in [0.15, 0.2) is 0 Å². The molecule has 1 fully saturated rings. The Kier molecular flexibility index (Phi) is 5.22. The van der Waals surface area contributed by atoms with Gasteiger partial charge in [0.05, 0.1) is 6.42 Å². The van der Waals surface area contributed by atoms with E-state index in [-0.39, 0.29) is 24.4 Å². The molecule has 114 valence electrons. The highest BCUT2D eigenvalue weighted by Gasteiger charge is 2.38. The van der Waals surface area contributed by atoms with Crippen molar-refractivity contribution in [1.29, 1.82) is 0 Å². The predicted molar refractivity (Wildman–Crippen MR) is 83.3 cm³/mol. The molecule has 0 atom stereocenters. The molecular formula is C15H19BrN2O3. The fourth-order valence-electron chi connectivity index (χ4n) is 2.58. The second-order valence-electron chi connectivity index (χ2n) is 5.40. The van der Waals surface area contributed by atoms with Crippen LogP contribution in [0, 0.1) is 0 Å². The lowest BCUT2D eigenvalue weighted by Crippen LogP contribution is -2.48. The fraction of sp³-hybridized carbons (Fsp3) is 0.467. The van der Waals surface area contributed by atoms with Crippen molar-refractivity contribution in [3.05, 3.63) is 34.3 Å². The van der Waals surface area contributed by atoms with Crippen LogP contribution in [0.5, 0.6) is 0 Å². The summed E-state index contributed by atoms with van der Waals surface area (Å²) in [6, 6.07) is 7.88. The lowest BCUT2D eigenvalue weighted by atomic mass is 9.64. The molecule has 1 aromatic carbocycles. The molecule has 3 N–H and O–H groups in total. The summed E-state index contributed by atoms with van der Waals surface area (Å²) in [7, 11) is 0. The van der Waals surface area contributed by atoms with E-state index in [4.69, 9.17) is 5.11 Å². The van der Waals surface area contributed by atoms with Gasteiger partial charge in [0, 0.05) is 23.0 Å². The lowest BCUT2D eigenvalue weighted by molar-refractivity contribution is -0.136. The molecule has 0 radical (unpaired) electrons. The number of hydrogen-bond acceptors (Lipinski definition) is 2. The van der Waals surface area contributed by atoms with Crippen LogP contribution in [0.1, 0.15) is 31.2 Å². The van der Waals surface area contributed by atoms with Gasteiger partial charge in [-0.1, -0.05) is 34.5 Å². The summed E-state index contributed by atoms with van der Waals surface area (Å²) < 4.78 is 1.04. The molecule has 1 aliphatic carbocycles. The smallest absolute Gasteiger partial charge is 0.314 e. The Hall–Kier alpha value is -1.56. The lowest BCUT2D eigenvalue weighted by Gasteiger charge is -2.42. The molecule has 0 unspecified atom stereocenters. The van der Waals surface area contributed by atoms with Gasteiger partial charge in [-0.15, -0.1) is 0 Å². The number of rotatable bonds is 6. The van der Waals surface area contributed by atoms with Gasteiger partial charge in [-0.3, -0.25) is 4.79 Å². The van der Waals surface area contributed by atoms with Gasteiger partial charge in [-0.05, 0) is 30.5 Å². The first-order valence-electron chi connectivity index (χ1n) is 7.01. The van der Waals surface area contributed by atoms with Gasteiger partial charge in [0.25, 0.3) is 0 Å². The minimum Gasteiger partial charge on any atom is -0.481 e. The zero-order valence-electron chi connectivity index (χ0n) is 11.7. The SMILES string of the molecule is O=C(O)CCNC(=O)NCC1(c2cccc(Br)c2)CCC1. The summed E-state index contributed by atoms with van der Waals surface area (Å²) in [5, 5.41) is 13.9. The normalized spacial score (nSPS) is 15.9. The molecular weight excluding hydrogens is 336 g/mol. The average molecular weight is 355 g/mol. The van der Waals surface area contributed by atoms with Crippen molar-refractivity contribution in [2.24, 2.45) is 0 Å². The number of carbonyl (C=O) groups is 2. The molecule has 5 nitrogen and oxygen atoms in total. The first-order chi connectivity index (χ1) is 10.0. The van der Waals surface area contributed by atoms with Crippen molar-refractivity contribution in [2.75, 3.05) is 13.1 Å². The van der Waals surface area contributed by atoms with Gasteiger partial charge in [-0.2, -0.15) is 0 Å². The number of aliphatic carboxylic acids is 1. The first-order valence-corrected chi connectivity index (χ1v) is 7.81. The van der Waals surface area contributed by atoms with Crippen molar-refractivity contribution in [3.63, 3.8) is 0 Å². The van der Waals surface area contributed by atoms with E-state index in [1.165, 1.54) is 5.56 Å². The highest BCUT2D eigenvalue weighted by atomic mass is 79.9. The molecule has 6 heteroatoms. The van der Waals surface area contributed by atoms with E-state index in [9.17, 15) is 9.59 Å². The zero-order chi connectivity index (χ0) is 15.3. The van der Waals surface area contributed by atoms with Gasteiger partial charge in [-0.25, -0.2) is 4.79 Å². The van der Waals surface area contributed by atoms with Crippen LogP contribution < -0.4 is 10.6 Å². The second kappa shape index (κ2) is 6.93. The number of carboxylic acids is 1. The van der Waals surface area contributed by atoms with Crippen molar-refractivity contribution in [3.8, 4) is 0 Å². The topological polar surface area (TPSA) is 78.4 Å². The molecule has 0 spiro atoms. The average Bonchev–Trinajstić information content (AvgIpc) is 2.37. The third kappa shape index (κ3) is 4.20. The predicted octanol–water partition coefficient (Wildman–Crippen LogP) is 2.64. The Morgan fingerprint density at radius 1 is 1.29 bits per heavy atom. The minimum absolute atomic E-state index is 0.00786. The minimum atomic E-state index is -0.917. The number of benzene rings is 1. The van der Waals surface area contributed by atoms with Gasteiger partial charge >= 0.3 is 12.0 Å². The van der Waals surface area contributed by atoms with E-state index in [0.717, 1.165) is 23.7 Å². The van der Waals surface area contributed by atoms with Crippen LogP contribution in [0.3, 0.4) is 0 Å². The monoisotopic (exact) mass is 354 g/mol. The molecule has 0 saturated heterocycles. The second-order valence-corrected chi connectivity index (χ2v) is 6.31. The molecule has 0 aliphatic heterocycles. The van der Waals surface area contributed by atoms with E-state index >= 15 is 0 Å². The van der Waals surface area contributed by atoms with Crippen LogP contribution in [0.2, 0.25) is 0 Å². The number of hydrogen-bond donors (Lipinski definition) is 3. The van der Waals surface area contributed by atoms with E-state index in [2.05, 4.69) is 38.7 Å². The van der Waals surface area contributed by atoms with Crippen molar-refractivity contribution < 1.29 is 14.7 Å². The van der Waals surface area contributed by atoms with Crippen LogP contribution in [0.4, 0.5) is 4.79 Å². The van der Waals surface area contributed by atoms with E-state index in [1.54, 1.807) is 0 Å². The van der Waals surface area contributed by atoms with Gasteiger partial charge in [0.2, 0.25) is 0 Å². The fourth-order valence-corrected chi connectivity index (χ4v) is 2.98. The van der Waals surface area contributed by atoms with E-state index in [1.807, 2.05) is 12.1 Å². The maximum Gasteiger partial charge on any atom is 0.314 e. The maximum atomic E-state index is 11.7. The van der Waals surface area contributed by atoms with Crippen LogP contribution in [0.25, 0.3) is 0 Å². The Balaban J connectivity index is 1.88. The first kappa shape index (κ1) is 15.8. The summed E-state index contributed by atoms with van der Waals surface area (Å²) in [4.78, 5) is 22.1. The van der Waals surface area contributed by atoms with Crippen molar-refractivity contribution in [2.45, 2.75) is 31.1 Å². The van der Waals surface area contributed by atoms with Crippen LogP contribution in [-0.2, 0) is 10.2 Å². The quantitative estimate of drug-likeness (QED) is 0.734. The molecule has 0 aromatic heterocycles. The summed E-state index contributed by atoms with van der Waals surface area (Å²) >= 11 is 3.48. The third-order valence-electron chi connectivity index (χ3n) is 3.96. The number of carbonyl (C=O) groups excluding carboxylic acids is 1. The van der Waals surface area contributed by atoms with Gasteiger partial charge in [0.1, 0.15) is 0 Å². The maximum absolute atomic E-state index is 11.7. The molecule has 2 rings (SSSR count). The number of amides is 2. The highest BCUT2D eigenvalue weighted by Crippen LogP contribution is 2.43. The van der Waals surface area contributed by atoms with Crippen LogP contribution >= 0.6 is 15.9 Å². The Morgan fingerprint density at radius 3 is 2.62 bits per heavy atom.